The normalized spacial score (nSPS) is 12.2. The maximum absolute atomic E-state index is 12.0. The molecule has 2 aromatic rings. The molecule has 0 fully saturated rings. The van der Waals surface area contributed by atoms with Gasteiger partial charge in [-0.15, -0.1) is 0 Å². The van der Waals surface area contributed by atoms with Gasteiger partial charge in [0.15, 0.2) is 0 Å². The first-order valence-corrected chi connectivity index (χ1v) is 7.19. The zero-order valence-electron chi connectivity index (χ0n) is 13.2. The predicted octanol–water partition coefficient (Wildman–Crippen LogP) is 2.30. The van der Waals surface area contributed by atoms with E-state index >= 15 is 0 Å². The van der Waals surface area contributed by atoms with Gasteiger partial charge in [0.2, 0.25) is 0 Å². The van der Waals surface area contributed by atoms with Crippen molar-refractivity contribution >= 4 is 5.82 Å². The molecule has 0 spiro atoms. The van der Waals surface area contributed by atoms with Gasteiger partial charge in [-0.1, -0.05) is 18.2 Å². The highest BCUT2D eigenvalue weighted by Gasteiger charge is 2.13. The lowest BCUT2D eigenvalue weighted by Gasteiger charge is -2.18. The van der Waals surface area contributed by atoms with E-state index in [1.165, 1.54) is 10.6 Å². The molecule has 0 saturated carbocycles. The third-order valence-electron chi connectivity index (χ3n) is 3.46. The molecule has 1 heterocycles. The number of aromatic nitrogens is 2. The minimum Gasteiger partial charge on any atom is -0.496 e. The van der Waals surface area contributed by atoms with E-state index in [1.807, 2.05) is 31.2 Å². The molecule has 0 bridgehead atoms. The number of nitrogens with zero attached hydrogens (tertiary/aromatic N) is 1. The van der Waals surface area contributed by atoms with E-state index in [-0.39, 0.29) is 17.6 Å². The Morgan fingerprint density at radius 3 is 2.45 bits per heavy atom. The molecule has 6 heteroatoms. The number of aromatic amines is 1. The Balaban J connectivity index is 2.31. The van der Waals surface area contributed by atoms with E-state index < -0.39 is 5.69 Å². The molecule has 2 rings (SSSR count). The van der Waals surface area contributed by atoms with Crippen LogP contribution in [0.25, 0.3) is 0 Å². The summed E-state index contributed by atoms with van der Waals surface area (Å²) in [6, 6.07) is 8.69. The lowest BCUT2D eigenvalue weighted by atomic mass is 10.1. The Bertz CT molecular complexity index is 730. The molecule has 0 aliphatic heterocycles. The van der Waals surface area contributed by atoms with Crippen LogP contribution in [0.1, 0.15) is 38.4 Å². The number of anilines is 1. The molecule has 118 valence electrons. The molecule has 2 N–H and O–H groups in total. The van der Waals surface area contributed by atoms with Crippen molar-refractivity contribution in [1.82, 2.24) is 9.55 Å². The van der Waals surface area contributed by atoms with Crippen molar-refractivity contribution in [3.05, 3.63) is 56.7 Å². The monoisotopic (exact) mass is 303 g/mol. The van der Waals surface area contributed by atoms with E-state index in [1.54, 1.807) is 21.0 Å². The van der Waals surface area contributed by atoms with Crippen molar-refractivity contribution in [3.8, 4) is 5.75 Å². The third-order valence-corrected chi connectivity index (χ3v) is 3.46. The van der Waals surface area contributed by atoms with Crippen LogP contribution < -0.4 is 21.3 Å². The van der Waals surface area contributed by atoms with Crippen LogP contribution in [0.2, 0.25) is 0 Å². The molecular formula is C16H21N3O3. The van der Waals surface area contributed by atoms with Crippen LogP contribution in [0.15, 0.2) is 39.9 Å². The quantitative estimate of drug-likeness (QED) is 0.888. The first kappa shape index (κ1) is 15.9. The average molecular weight is 303 g/mol. The highest BCUT2D eigenvalue weighted by molar-refractivity contribution is 5.42. The molecule has 0 amide bonds. The molecule has 22 heavy (non-hydrogen) atoms. The van der Waals surface area contributed by atoms with E-state index in [0.717, 1.165) is 11.3 Å². The summed E-state index contributed by atoms with van der Waals surface area (Å²) in [5, 5.41) is 3.13. The molecule has 1 atom stereocenters. The van der Waals surface area contributed by atoms with E-state index in [9.17, 15) is 9.59 Å². The van der Waals surface area contributed by atoms with Gasteiger partial charge in [-0.2, -0.15) is 0 Å². The Morgan fingerprint density at radius 1 is 1.18 bits per heavy atom. The standard InChI is InChI=1S/C16H21N3O3/c1-10(2)19-15(20)9-14(18-16(19)21)17-11(3)12-7-5-6-8-13(12)22-4/h5-11,17H,1-4H3,(H,18,21). The number of benzene rings is 1. The van der Waals surface area contributed by atoms with E-state index in [0.29, 0.717) is 5.82 Å². The summed E-state index contributed by atoms with van der Waals surface area (Å²) >= 11 is 0. The van der Waals surface area contributed by atoms with E-state index in [2.05, 4.69) is 10.3 Å². The first-order chi connectivity index (χ1) is 10.4. The summed E-state index contributed by atoms with van der Waals surface area (Å²) in [4.78, 5) is 26.7. The number of H-pyrrole nitrogens is 1. The predicted molar refractivity (Wildman–Crippen MR) is 86.7 cm³/mol. The second-order valence-corrected chi connectivity index (χ2v) is 5.40. The van der Waals surface area contributed by atoms with Gasteiger partial charge in [-0.3, -0.25) is 14.3 Å². The van der Waals surface area contributed by atoms with Gasteiger partial charge >= 0.3 is 5.69 Å². The maximum Gasteiger partial charge on any atom is 0.330 e. The Hall–Kier alpha value is -2.50. The van der Waals surface area contributed by atoms with Gasteiger partial charge in [0.25, 0.3) is 5.56 Å². The zero-order chi connectivity index (χ0) is 16.3. The maximum atomic E-state index is 12.0. The molecule has 1 aromatic carbocycles. The van der Waals surface area contributed by atoms with Gasteiger partial charge in [0.1, 0.15) is 11.6 Å². The summed E-state index contributed by atoms with van der Waals surface area (Å²) in [7, 11) is 1.61. The molecule has 0 aliphatic carbocycles. The Labute approximate surface area is 128 Å². The van der Waals surface area contributed by atoms with Crippen molar-refractivity contribution in [3.63, 3.8) is 0 Å². The van der Waals surface area contributed by atoms with Crippen LogP contribution in [0.3, 0.4) is 0 Å². The Kier molecular flexibility index (Phi) is 4.70. The molecule has 1 aromatic heterocycles. The number of para-hydroxylation sites is 1. The molecule has 6 nitrogen and oxygen atoms in total. The Morgan fingerprint density at radius 2 is 1.86 bits per heavy atom. The van der Waals surface area contributed by atoms with Crippen molar-refractivity contribution in [2.75, 3.05) is 12.4 Å². The van der Waals surface area contributed by atoms with Gasteiger partial charge in [0, 0.05) is 17.7 Å². The summed E-state index contributed by atoms with van der Waals surface area (Å²) in [6.45, 7) is 5.52. The number of methoxy groups -OCH3 is 1. The van der Waals surface area contributed by atoms with Crippen molar-refractivity contribution in [1.29, 1.82) is 0 Å². The molecule has 0 aliphatic rings. The van der Waals surface area contributed by atoms with Crippen LogP contribution in [-0.4, -0.2) is 16.7 Å². The van der Waals surface area contributed by atoms with Gasteiger partial charge in [-0.25, -0.2) is 4.79 Å². The van der Waals surface area contributed by atoms with Crippen LogP contribution in [0.4, 0.5) is 5.82 Å². The van der Waals surface area contributed by atoms with E-state index in [4.69, 9.17) is 4.74 Å². The van der Waals surface area contributed by atoms with Gasteiger partial charge < -0.3 is 10.1 Å². The molecular weight excluding hydrogens is 282 g/mol. The number of rotatable bonds is 5. The average Bonchev–Trinajstić information content (AvgIpc) is 2.45. The largest absolute Gasteiger partial charge is 0.496 e. The number of hydrogen-bond acceptors (Lipinski definition) is 4. The highest BCUT2D eigenvalue weighted by atomic mass is 16.5. The highest BCUT2D eigenvalue weighted by Crippen LogP contribution is 2.26. The number of nitrogens with one attached hydrogen (secondary N) is 2. The summed E-state index contributed by atoms with van der Waals surface area (Å²) in [5.41, 5.74) is 0.199. The SMILES string of the molecule is COc1ccccc1C(C)Nc1cc(=O)n(C(C)C)c(=O)[nH]1. The van der Waals surface area contributed by atoms with Crippen LogP contribution >= 0.6 is 0 Å². The van der Waals surface area contributed by atoms with Crippen LogP contribution in [0, 0.1) is 0 Å². The number of hydrogen-bond donors (Lipinski definition) is 2. The smallest absolute Gasteiger partial charge is 0.330 e. The minimum atomic E-state index is -0.419. The van der Waals surface area contributed by atoms with Crippen molar-refractivity contribution < 1.29 is 4.74 Å². The molecule has 1 unspecified atom stereocenters. The molecule has 0 radical (unpaired) electrons. The third kappa shape index (κ3) is 3.21. The lowest BCUT2D eigenvalue weighted by molar-refractivity contribution is 0.408. The fourth-order valence-corrected chi connectivity index (χ4v) is 2.41. The topological polar surface area (TPSA) is 76.1 Å². The summed E-state index contributed by atoms with van der Waals surface area (Å²) < 4.78 is 6.50. The van der Waals surface area contributed by atoms with Gasteiger partial charge in [-0.05, 0) is 26.8 Å². The van der Waals surface area contributed by atoms with Crippen LogP contribution in [0.5, 0.6) is 5.75 Å². The minimum absolute atomic E-state index is 0.124. The second-order valence-electron chi connectivity index (χ2n) is 5.40. The van der Waals surface area contributed by atoms with Crippen molar-refractivity contribution in [2.45, 2.75) is 32.9 Å². The first-order valence-electron chi connectivity index (χ1n) is 7.19. The fourth-order valence-electron chi connectivity index (χ4n) is 2.41. The molecule has 0 saturated heterocycles. The van der Waals surface area contributed by atoms with Crippen molar-refractivity contribution in [2.24, 2.45) is 0 Å². The summed E-state index contributed by atoms with van der Waals surface area (Å²) in [5.74, 6) is 1.14. The summed E-state index contributed by atoms with van der Waals surface area (Å²) in [6.07, 6.45) is 0. The van der Waals surface area contributed by atoms with Crippen LogP contribution in [-0.2, 0) is 0 Å². The second kappa shape index (κ2) is 6.51. The lowest BCUT2D eigenvalue weighted by Crippen LogP contribution is -2.36. The zero-order valence-corrected chi connectivity index (χ0v) is 13.2. The number of ether oxygens (including phenoxy) is 1. The van der Waals surface area contributed by atoms with Gasteiger partial charge in [0.05, 0.1) is 13.2 Å². The fraction of sp³-hybridized carbons (Fsp3) is 0.375.